The van der Waals surface area contributed by atoms with Gasteiger partial charge in [-0.15, -0.1) is 0 Å². The molecule has 0 fully saturated rings. The van der Waals surface area contributed by atoms with E-state index in [9.17, 15) is 0 Å². The van der Waals surface area contributed by atoms with E-state index in [0.29, 0.717) is 11.8 Å². The van der Waals surface area contributed by atoms with Crippen LogP contribution in [0.15, 0.2) is 267 Å². The Bertz CT molecular complexity index is 4280. The van der Waals surface area contributed by atoms with E-state index in [1.54, 1.807) is 0 Å². The van der Waals surface area contributed by atoms with Crippen molar-refractivity contribution in [3.63, 3.8) is 0 Å². The topological polar surface area (TPSA) is 0 Å². The van der Waals surface area contributed by atoms with E-state index in [1.165, 1.54) is 196 Å². The highest BCUT2D eigenvalue weighted by Crippen LogP contribution is 2.23. The van der Waals surface area contributed by atoms with Crippen LogP contribution < -0.4 is 0 Å². The Balaban J connectivity index is 0.000000419. The molecule has 0 radical (unpaired) electrons. The molecular formula is C112H152. The van der Waals surface area contributed by atoms with Gasteiger partial charge in [-0.25, -0.2) is 0 Å². The molecule has 0 aliphatic heterocycles. The van der Waals surface area contributed by atoms with Crippen LogP contribution in [-0.2, 0) is 31.1 Å². The van der Waals surface area contributed by atoms with Crippen LogP contribution in [0.2, 0.25) is 0 Å². The first-order chi connectivity index (χ1) is 53.1. The van der Waals surface area contributed by atoms with Gasteiger partial charge in [0.15, 0.2) is 0 Å². The summed E-state index contributed by atoms with van der Waals surface area (Å²) >= 11 is 0. The highest BCUT2D eigenvalue weighted by molar-refractivity contribution is 5.85. The number of benzene rings is 12. The Morgan fingerprint density at radius 2 is 0.607 bits per heavy atom. The van der Waals surface area contributed by atoms with E-state index in [-0.39, 0.29) is 5.41 Å². The van der Waals surface area contributed by atoms with Crippen molar-refractivity contribution in [2.24, 2.45) is 5.92 Å². The predicted molar refractivity (Wildman–Crippen MR) is 506 cm³/mol. The molecule has 0 saturated heterocycles. The molecule has 0 N–H and O–H groups in total. The summed E-state index contributed by atoms with van der Waals surface area (Å²) in [6, 6.07) is 95.7. The molecule has 0 amide bonds. The summed E-state index contributed by atoms with van der Waals surface area (Å²) in [6.07, 6.45) is 11.1. The second-order valence-corrected chi connectivity index (χ2v) is 32.9. The lowest BCUT2D eigenvalue weighted by Crippen LogP contribution is -2.10. The van der Waals surface area contributed by atoms with Gasteiger partial charge in [-0.1, -0.05) is 442 Å². The molecule has 12 aromatic carbocycles. The van der Waals surface area contributed by atoms with Crippen LogP contribution in [0.25, 0.3) is 10.8 Å². The van der Waals surface area contributed by atoms with Crippen LogP contribution in [0.3, 0.4) is 0 Å². The van der Waals surface area contributed by atoms with E-state index >= 15 is 0 Å². The van der Waals surface area contributed by atoms with Gasteiger partial charge in [0.05, 0.1) is 0 Å². The first-order valence-electron chi connectivity index (χ1n) is 42.1. The third-order valence-corrected chi connectivity index (χ3v) is 20.1. The predicted octanol–water partition coefficient (Wildman–Crippen LogP) is 33.3. The number of rotatable bonds is 12. The van der Waals surface area contributed by atoms with Crippen molar-refractivity contribution >= 4 is 10.8 Å². The summed E-state index contributed by atoms with van der Waals surface area (Å²) in [7, 11) is 0. The van der Waals surface area contributed by atoms with Crippen LogP contribution in [0.1, 0.15) is 261 Å². The Labute approximate surface area is 688 Å². The average molecular weight is 1500 g/mol. The van der Waals surface area contributed by atoms with Crippen LogP contribution >= 0.6 is 0 Å². The maximum Gasteiger partial charge on any atom is -0.0132 e. The summed E-state index contributed by atoms with van der Waals surface area (Å²) in [5.74, 6) is 2.17. The largest absolute Gasteiger partial charge is 0.0654 e. The van der Waals surface area contributed by atoms with Gasteiger partial charge in [0.2, 0.25) is 0 Å². The molecule has 0 aliphatic rings. The van der Waals surface area contributed by atoms with E-state index in [0.717, 1.165) is 12.3 Å². The molecule has 12 aromatic rings. The molecule has 600 valence electrons. The zero-order valence-electron chi connectivity index (χ0n) is 76.0. The molecule has 0 heteroatoms. The Morgan fingerprint density at radius 3 is 0.955 bits per heavy atom. The highest BCUT2D eigenvalue weighted by atomic mass is 14.2. The molecular weight excluding hydrogens is 1350 g/mol. The Hall–Kier alpha value is -9.10. The van der Waals surface area contributed by atoms with Gasteiger partial charge in [-0.3, -0.25) is 0 Å². The summed E-state index contributed by atoms with van der Waals surface area (Å²) in [4.78, 5) is 0. The SMILES string of the molecule is CCC(C)Cc1ccc(C)cc1.CCC(C)c1ccc(C)cc1.CCCCc1ccc(C)cc1.CCCc1ccc(C)cc1.CCc1ccc(C)cc1.Cc1cc(C)c(C)c(C)c1.Cc1cc(C)cc(C)c1.Cc1ccc(C(C)(C)C)cc1.Cc1ccc(C(C)C)cc1.Cc1ccc(C)cc1.Cc1cccc2ccccc12. The summed E-state index contributed by atoms with van der Waals surface area (Å²) in [6.45, 7) is 63.0. The quantitative estimate of drug-likeness (QED) is 0.114. The van der Waals surface area contributed by atoms with Crippen molar-refractivity contribution < 1.29 is 0 Å². The van der Waals surface area contributed by atoms with Crippen LogP contribution in [-0.4, -0.2) is 0 Å². The molecule has 0 heterocycles. The second-order valence-electron chi connectivity index (χ2n) is 32.9. The zero-order chi connectivity index (χ0) is 83.7. The lowest BCUT2D eigenvalue weighted by atomic mass is 9.87. The van der Waals surface area contributed by atoms with Crippen LogP contribution in [0.4, 0.5) is 0 Å². The monoisotopic (exact) mass is 1500 g/mol. The first-order valence-corrected chi connectivity index (χ1v) is 42.1. The molecule has 112 heavy (non-hydrogen) atoms. The van der Waals surface area contributed by atoms with Crippen LogP contribution in [0, 0.1) is 124 Å². The maximum absolute atomic E-state index is 2.31. The molecule has 2 unspecified atom stereocenters. The molecule has 0 spiro atoms. The molecule has 12 rings (SSSR count). The zero-order valence-corrected chi connectivity index (χ0v) is 76.0. The van der Waals surface area contributed by atoms with Crippen molar-refractivity contribution in [2.75, 3.05) is 0 Å². The minimum absolute atomic E-state index is 0.285. The van der Waals surface area contributed by atoms with E-state index in [1.807, 2.05) is 0 Å². The summed E-state index contributed by atoms with van der Waals surface area (Å²) in [5.41, 5.74) is 33.4. The fourth-order valence-electron chi connectivity index (χ4n) is 11.9. The molecule has 2 atom stereocenters. The standard InChI is InChI=1S/C12H18.C11H10.3C11H16.3C10H14.2C9H12.C8H10/c1-4-10(2)9-12-7-5-11(3)6-8-12;1-9-5-4-7-10-6-2-3-8-11(9)10;1-9-5-7-10(8-6-9)11(2,3)4;1-4-10(3)11-7-5-9(2)6-8-11;1-3-4-5-11-8-6-10(2)7-9-11;1-7-5-8(2)10(4)9(3)6-7;1-8(2)10-6-4-9(3)5-7-10;1-3-4-10-7-5-9(2)6-8-10;1-7-4-8(2)6-9(3)5-7;1-3-9-6-4-8(2)5-7-9;1-7-3-5-8(2)6-4-7/h5-8,10H,4,9H2,1-3H3;2-8H,1H3;5-8H,1-4H3;5-8,10H,4H2,1-3H3;6-9H,3-5H2,1-2H3;5-6H,1-4H3;4-8H,1-3H3;5-8H,3-4H2,1-2H3;4-6H,1-3H3;4-7H,3H2,1-2H3;3-6H,1-2H3. The molecule has 0 bridgehead atoms. The highest BCUT2D eigenvalue weighted by Gasteiger charge is 2.12. The van der Waals surface area contributed by atoms with Crippen LogP contribution in [0.5, 0.6) is 0 Å². The van der Waals surface area contributed by atoms with Gasteiger partial charge < -0.3 is 0 Å². The lowest BCUT2D eigenvalue weighted by Gasteiger charge is -2.18. The third-order valence-electron chi connectivity index (χ3n) is 20.1. The van der Waals surface area contributed by atoms with Gasteiger partial charge in [0.1, 0.15) is 0 Å². The van der Waals surface area contributed by atoms with Gasteiger partial charge >= 0.3 is 0 Å². The van der Waals surface area contributed by atoms with E-state index in [2.05, 4.69) is 468 Å². The van der Waals surface area contributed by atoms with Crippen molar-refractivity contribution in [3.05, 3.63) is 400 Å². The van der Waals surface area contributed by atoms with Gasteiger partial charge in [-0.05, 0) is 251 Å². The first kappa shape index (κ1) is 99.0. The minimum atomic E-state index is 0.285. The lowest BCUT2D eigenvalue weighted by molar-refractivity contribution is 0.560. The summed E-state index contributed by atoms with van der Waals surface area (Å²) < 4.78 is 0. The van der Waals surface area contributed by atoms with Crippen molar-refractivity contribution in [3.8, 4) is 0 Å². The van der Waals surface area contributed by atoms with Gasteiger partial charge in [0, 0.05) is 0 Å². The normalized spacial score (nSPS) is 10.7. The molecule has 0 aliphatic carbocycles. The van der Waals surface area contributed by atoms with Crippen molar-refractivity contribution in [1.82, 2.24) is 0 Å². The number of unbranched alkanes of at least 4 members (excludes halogenated alkanes) is 1. The van der Waals surface area contributed by atoms with Gasteiger partial charge in [-0.2, -0.15) is 0 Å². The fraction of sp³-hybridized carbons (Fsp3) is 0.375. The number of fused-ring (bicyclic) bond motifs is 1. The smallest absolute Gasteiger partial charge is 0.0132 e. The fourth-order valence-corrected chi connectivity index (χ4v) is 11.9. The Morgan fingerprint density at radius 1 is 0.277 bits per heavy atom. The minimum Gasteiger partial charge on any atom is -0.0654 e. The summed E-state index contributed by atoms with van der Waals surface area (Å²) in [5, 5.41) is 2.68. The third kappa shape index (κ3) is 44.2. The van der Waals surface area contributed by atoms with E-state index < -0.39 is 0 Å². The van der Waals surface area contributed by atoms with Crippen molar-refractivity contribution in [2.45, 2.75) is 276 Å². The Kier molecular flexibility index (Phi) is 48.9. The molecule has 0 nitrogen and oxygen atoms in total. The van der Waals surface area contributed by atoms with Gasteiger partial charge in [0.25, 0.3) is 0 Å². The molecule has 0 saturated carbocycles. The second kappa shape index (κ2) is 55.4. The maximum atomic E-state index is 2.31. The average Bonchev–Trinajstić information content (AvgIpc) is 0.845. The van der Waals surface area contributed by atoms with E-state index in [4.69, 9.17) is 0 Å². The number of aryl methyl sites for hydroxylation is 19. The molecule has 0 aromatic heterocycles. The number of hydrogen-bond acceptors (Lipinski definition) is 0. The van der Waals surface area contributed by atoms with Crippen molar-refractivity contribution in [1.29, 1.82) is 0 Å². The number of hydrogen-bond donors (Lipinski definition) is 0.